The number of likely N-dealkylation sites (N-methyl/N-ethyl adjacent to an activating group) is 1. The summed E-state index contributed by atoms with van der Waals surface area (Å²) >= 11 is 3.36. The van der Waals surface area contributed by atoms with E-state index in [4.69, 9.17) is 0 Å². The van der Waals surface area contributed by atoms with Gasteiger partial charge >= 0.3 is 0 Å². The quantitative estimate of drug-likeness (QED) is 0.903. The van der Waals surface area contributed by atoms with Crippen molar-refractivity contribution in [1.82, 2.24) is 19.7 Å². The minimum atomic E-state index is -0.0177. The normalized spacial score (nSPS) is 10.7. The van der Waals surface area contributed by atoms with Gasteiger partial charge in [0.05, 0.1) is 6.54 Å². The second-order valence-corrected chi connectivity index (χ2v) is 5.06. The van der Waals surface area contributed by atoms with Gasteiger partial charge in [-0.25, -0.2) is 9.97 Å². The van der Waals surface area contributed by atoms with Crippen molar-refractivity contribution in [2.45, 2.75) is 13.3 Å². The van der Waals surface area contributed by atoms with Crippen LogP contribution in [0.3, 0.4) is 0 Å². The molecule has 7 heteroatoms. The Kier molecular flexibility index (Phi) is 4.36. The Morgan fingerprint density at radius 3 is 3.11 bits per heavy atom. The topological polar surface area (TPSA) is 62.5 Å². The van der Waals surface area contributed by atoms with Crippen molar-refractivity contribution in [3.63, 3.8) is 0 Å². The third-order valence-corrected chi connectivity index (χ3v) is 3.02. The smallest absolute Gasteiger partial charge is 0.239 e. The van der Waals surface area contributed by atoms with Crippen LogP contribution in [-0.4, -0.2) is 40.4 Å². The molecule has 0 aliphatic carbocycles. The van der Waals surface area contributed by atoms with E-state index in [0.717, 1.165) is 12.1 Å². The molecule has 2 aromatic rings. The molecule has 0 bridgehead atoms. The van der Waals surface area contributed by atoms with Crippen LogP contribution in [0.1, 0.15) is 13.3 Å². The Morgan fingerprint density at radius 2 is 2.37 bits per heavy atom. The Hall–Kier alpha value is -1.63. The van der Waals surface area contributed by atoms with Crippen molar-refractivity contribution in [2.24, 2.45) is 0 Å². The lowest BCUT2D eigenvalue weighted by Gasteiger charge is -2.18. The third kappa shape index (κ3) is 3.23. The number of carbonyl (C=O) groups excluding carboxylic acids is 1. The van der Waals surface area contributed by atoms with Gasteiger partial charge in [0.25, 0.3) is 0 Å². The number of rotatable bonds is 5. The number of amides is 1. The van der Waals surface area contributed by atoms with Crippen molar-refractivity contribution < 1.29 is 4.79 Å². The van der Waals surface area contributed by atoms with E-state index in [-0.39, 0.29) is 12.5 Å². The number of imidazole rings is 1. The van der Waals surface area contributed by atoms with Gasteiger partial charge in [0.1, 0.15) is 4.60 Å². The first-order valence-corrected chi connectivity index (χ1v) is 6.88. The molecule has 0 spiro atoms. The van der Waals surface area contributed by atoms with E-state index in [1.165, 1.54) is 0 Å². The number of hydrogen-bond acceptors (Lipinski definition) is 4. The van der Waals surface area contributed by atoms with Crippen LogP contribution >= 0.6 is 15.9 Å². The fraction of sp³-hybridized carbons (Fsp3) is 0.417. The van der Waals surface area contributed by atoms with Gasteiger partial charge in [0.15, 0.2) is 11.5 Å². The Morgan fingerprint density at radius 1 is 1.58 bits per heavy atom. The van der Waals surface area contributed by atoms with Gasteiger partial charge in [-0.2, -0.15) is 0 Å². The van der Waals surface area contributed by atoms with Crippen molar-refractivity contribution in [3.8, 4) is 0 Å². The number of aromatic nitrogens is 3. The summed E-state index contributed by atoms with van der Waals surface area (Å²) in [6.07, 6.45) is 6.31. The number of hydrogen-bond donors (Lipinski definition) is 1. The standard InChI is InChI=1S/C12H16BrN5O/c1-3-4-14-10(19)8-17(2)12-11-15-5-6-18(11)7-9(13)16-12/h5-7H,3-4,8H2,1-2H3,(H,14,19). The number of nitrogens with zero attached hydrogens (tertiary/aromatic N) is 4. The fourth-order valence-corrected chi connectivity index (χ4v) is 2.14. The maximum atomic E-state index is 11.7. The molecule has 2 heterocycles. The summed E-state index contributed by atoms with van der Waals surface area (Å²) in [7, 11) is 1.83. The minimum Gasteiger partial charge on any atom is -0.355 e. The van der Waals surface area contributed by atoms with Crippen LogP contribution in [0.15, 0.2) is 23.2 Å². The molecule has 0 fully saturated rings. The molecule has 2 aromatic heterocycles. The molecular formula is C12H16BrN5O. The molecule has 102 valence electrons. The van der Waals surface area contributed by atoms with E-state index in [2.05, 4.69) is 31.2 Å². The van der Waals surface area contributed by atoms with Crippen LogP contribution in [0.4, 0.5) is 5.82 Å². The zero-order chi connectivity index (χ0) is 13.8. The lowest BCUT2D eigenvalue weighted by molar-refractivity contribution is -0.119. The highest BCUT2D eigenvalue weighted by atomic mass is 79.9. The second kappa shape index (κ2) is 6.01. The first-order chi connectivity index (χ1) is 9.11. The maximum Gasteiger partial charge on any atom is 0.239 e. The summed E-state index contributed by atoms with van der Waals surface area (Å²) in [5.74, 6) is 0.654. The van der Waals surface area contributed by atoms with E-state index in [1.54, 1.807) is 11.1 Å². The summed E-state index contributed by atoms with van der Waals surface area (Å²) in [5, 5.41) is 2.84. The molecule has 2 rings (SSSR count). The Balaban J connectivity index is 2.18. The van der Waals surface area contributed by atoms with Gasteiger partial charge in [-0.15, -0.1) is 0 Å². The van der Waals surface area contributed by atoms with Gasteiger partial charge in [-0.1, -0.05) is 6.92 Å². The highest BCUT2D eigenvalue weighted by molar-refractivity contribution is 9.10. The number of fused-ring (bicyclic) bond motifs is 1. The lowest BCUT2D eigenvalue weighted by Crippen LogP contribution is -2.36. The van der Waals surface area contributed by atoms with Gasteiger partial charge in [0, 0.05) is 32.2 Å². The van der Waals surface area contributed by atoms with E-state index in [9.17, 15) is 4.79 Å². The first-order valence-electron chi connectivity index (χ1n) is 6.09. The molecule has 0 atom stereocenters. The molecule has 0 aliphatic rings. The van der Waals surface area contributed by atoms with Crippen LogP contribution in [0.5, 0.6) is 0 Å². The molecule has 0 saturated carbocycles. The molecule has 1 N–H and O–H groups in total. The third-order valence-electron chi connectivity index (χ3n) is 2.64. The number of halogens is 1. The Bertz CT molecular complexity index is 583. The highest BCUT2D eigenvalue weighted by Crippen LogP contribution is 2.19. The zero-order valence-electron chi connectivity index (χ0n) is 10.9. The predicted octanol–water partition coefficient (Wildman–Crippen LogP) is 1.45. The van der Waals surface area contributed by atoms with Crippen molar-refractivity contribution in [2.75, 3.05) is 25.0 Å². The van der Waals surface area contributed by atoms with E-state index < -0.39 is 0 Å². The molecule has 0 saturated heterocycles. The van der Waals surface area contributed by atoms with E-state index in [1.807, 2.05) is 30.8 Å². The lowest BCUT2D eigenvalue weighted by atomic mass is 10.4. The summed E-state index contributed by atoms with van der Waals surface area (Å²) < 4.78 is 2.57. The summed E-state index contributed by atoms with van der Waals surface area (Å²) in [6, 6.07) is 0. The number of carbonyl (C=O) groups is 1. The molecule has 6 nitrogen and oxygen atoms in total. The molecule has 0 aromatic carbocycles. The van der Waals surface area contributed by atoms with Crippen LogP contribution in [0, 0.1) is 0 Å². The first kappa shape index (κ1) is 13.8. The van der Waals surface area contributed by atoms with Gasteiger partial charge in [0.2, 0.25) is 5.91 Å². The SMILES string of the molecule is CCCNC(=O)CN(C)c1nc(Br)cn2ccnc12. The van der Waals surface area contributed by atoms with E-state index in [0.29, 0.717) is 17.0 Å². The van der Waals surface area contributed by atoms with Crippen LogP contribution < -0.4 is 10.2 Å². The zero-order valence-corrected chi connectivity index (χ0v) is 12.5. The largest absolute Gasteiger partial charge is 0.355 e. The average Bonchev–Trinajstić information content (AvgIpc) is 2.83. The van der Waals surface area contributed by atoms with E-state index >= 15 is 0 Å². The molecule has 19 heavy (non-hydrogen) atoms. The van der Waals surface area contributed by atoms with Crippen molar-refractivity contribution in [3.05, 3.63) is 23.2 Å². The minimum absolute atomic E-state index is 0.0177. The Labute approximate surface area is 120 Å². The summed E-state index contributed by atoms with van der Waals surface area (Å²) in [6.45, 7) is 2.97. The second-order valence-electron chi connectivity index (χ2n) is 4.25. The van der Waals surface area contributed by atoms with Crippen LogP contribution in [0.2, 0.25) is 0 Å². The summed E-state index contributed by atoms with van der Waals surface area (Å²) in [5.41, 5.74) is 0.731. The van der Waals surface area contributed by atoms with Crippen molar-refractivity contribution in [1.29, 1.82) is 0 Å². The molecule has 0 aliphatic heterocycles. The van der Waals surface area contributed by atoms with Gasteiger partial charge in [-0.05, 0) is 22.4 Å². The average molecular weight is 326 g/mol. The number of nitrogens with one attached hydrogen (secondary N) is 1. The monoisotopic (exact) mass is 325 g/mol. The van der Waals surface area contributed by atoms with Crippen LogP contribution in [-0.2, 0) is 4.79 Å². The predicted molar refractivity (Wildman–Crippen MR) is 77.3 cm³/mol. The molecule has 0 unspecified atom stereocenters. The molecule has 0 radical (unpaired) electrons. The number of anilines is 1. The van der Waals surface area contributed by atoms with Gasteiger partial charge < -0.3 is 14.6 Å². The van der Waals surface area contributed by atoms with Crippen molar-refractivity contribution >= 4 is 33.3 Å². The summed E-state index contributed by atoms with van der Waals surface area (Å²) in [4.78, 5) is 22.2. The van der Waals surface area contributed by atoms with Gasteiger partial charge in [-0.3, -0.25) is 4.79 Å². The molecule has 1 amide bonds. The fourth-order valence-electron chi connectivity index (χ4n) is 1.75. The van der Waals surface area contributed by atoms with Crippen LogP contribution in [0.25, 0.3) is 5.65 Å². The molecular weight excluding hydrogens is 310 g/mol. The maximum absolute atomic E-state index is 11.7. The highest BCUT2D eigenvalue weighted by Gasteiger charge is 2.13.